The second kappa shape index (κ2) is 12.5. The van der Waals surface area contributed by atoms with Crippen molar-refractivity contribution in [2.24, 2.45) is 0 Å². The highest BCUT2D eigenvalue weighted by Crippen LogP contribution is 2.49. The predicted octanol–water partition coefficient (Wildman–Crippen LogP) is 13.4. The van der Waals surface area contributed by atoms with Crippen molar-refractivity contribution in [3.63, 3.8) is 0 Å². The molecule has 0 atom stereocenters. The lowest BCUT2D eigenvalue weighted by Crippen LogP contribution is -1.96. The number of halogens is 6. The van der Waals surface area contributed by atoms with Crippen LogP contribution in [0.15, 0.2) is 91.0 Å². The third-order valence-corrected chi connectivity index (χ3v) is 10.6. The fraction of sp³-hybridized carbons (Fsp3) is 0. The van der Waals surface area contributed by atoms with Gasteiger partial charge in [0.1, 0.15) is 0 Å². The Bertz CT molecular complexity index is 2400. The number of nitrogens with zero attached hydrogens (tertiary/aromatic N) is 3. The van der Waals surface area contributed by atoms with E-state index in [9.17, 15) is 0 Å². The number of aromatic nitrogens is 4. The second-order valence-electron chi connectivity index (χ2n) is 11.2. The van der Waals surface area contributed by atoms with E-state index in [2.05, 4.69) is 4.98 Å². The van der Waals surface area contributed by atoms with Crippen LogP contribution in [0.5, 0.6) is 0 Å². The van der Waals surface area contributed by atoms with Gasteiger partial charge in [-0.05, 0) is 85.0 Å². The molecule has 3 aromatic heterocycles. The van der Waals surface area contributed by atoms with E-state index in [1.165, 1.54) is 0 Å². The number of fused-ring (bicyclic) bond motifs is 8. The maximum Gasteiger partial charge on any atom is 0.0832 e. The summed E-state index contributed by atoms with van der Waals surface area (Å²) in [6, 6.07) is 28.6. The highest BCUT2D eigenvalue weighted by atomic mass is 35.5. The summed E-state index contributed by atoms with van der Waals surface area (Å²) in [5, 5.41) is 2.28. The highest BCUT2D eigenvalue weighted by molar-refractivity contribution is 6.46. The molecule has 48 heavy (non-hydrogen) atoms. The zero-order valence-electron chi connectivity index (χ0n) is 24.6. The average Bonchev–Trinajstić information content (AvgIpc) is 3.86. The van der Waals surface area contributed by atoms with E-state index < -0.39 is 0 Å². The molecule has 10 heteroatoms. The molecule has 0 radical (unpaired) electrons. The van der Waals surface area contributed by atoms with E-state index in [1.54, 1.807) is 18.2 Å². The molecule has 0 amide bonds. The molecule has 0 saturated heterocycles. The van der Waals surface area contributed by atoms with Crippen molar-refractivity contribution in [3.8, 4) is 27.9 Å². The van der Waals surface area contributed by atoms with E-state index in [0.717, 1.165) is 33.5 Å². The van der Waals surface area contributed by atoms with Crippen molar-refractivity contribution in [2.75, 3.05) is 0 Å². The summed E-state index contributed by atoms with van der Waals surface area (Å²) in [7, 11) is 0. The van der Waals surface area contributed by atoms with Crippen LogP contribution in [0.2, 0.25) is 30.1 Å². The van der Waals surface area contributed by atoms with Gasteiger partial charge >= 0.3 is 0 Å². The molecule has 234 valence electrons. The Morgan fingerprint density at radius 3 is 1.35 bits per heavy atom. The van der Waals surface area contributed by atoms with Crippen LogP contribution < -0.4 is 0 Å². The lowest BCUT2D eigenvalue weighted by Gasteiger charge is -2.11. The molecule has 5 heterocycles. The SMILES string of the molecule is Clc1cccc(-c2c(-c3cccc(Cl)c3Cl)c3cc4nc(cc5ccc(cc6nc(cc2n3-c2cccc(Cl)c2Cl)C=C6)[nH]5)C=C4)c1Cl. The molecule has 4 nitrogen and oxygen atoms in total. The van der Waals surface area contributed by atoms with Crippen molar-refractivity contribution in [1.82, 2.24) is 19.5 Å². The molecule has 0 saturated carbocycles. The number of aromatic amines is 1. The normalized spacial score (nSPS) is 12.2. The van der Waals surface area contributed by atoms with Gasteiger partial charge in [-0.1, -0.05) is 99.9 Å². The van der Waals surface area contributed by atoms with Crippen molar-refractivity contribution >= 4 is 116 Å². The number of H-pyrrole nitrogens is 1. The fourth-order valence-corrected chi connectivity index (χ4v) is 7.22. The number of hydrogen-bond acceptors (Lipinski definition) is 2. The van der Waals surface area contributed by atoms with Gasteiger partial charge in [0.15, 0.2) is 0 Å². The molecular formula is C38H20Cl6N4. The smallest absolute Gasteiger partial charge is 0.0832 e. The maximum atomic E-state index is 7.04. The van der Waals surface area contributed by atoms with Crippen LogP contribution in [-0.2, 0) is 0 Å². The minimum atomic E-state index is 0.357. The maximum absolute atomic E-state index is 7.04. The van der Waals surface area contributed by atoms with E-state index in [4.69, 9.17) is 79.6 Å². The van der Waals surface area contributed by atoms with Crippen molar-refractivity contribution in [3.05, 3.63) is 144 Å². The minimum absolute atomic E-state index is 0.357. The Hall–Kier alpha value is -4.00. The van der Waals surface area contributed by atoms with Crippen LogP contribution in [0.1, 0.15) is 22.8 Å². The van der Waals surface area contributed by atoms with Gasteiger partial charge in [0.25, 0.3) is 0 Å². The Balaban J connectivity index is 1.69. The molecule has 0 unspecified atom stereocenters. The molecule has 0 aliphatic carbocycles. The van der Waals surface area contributed by atoms with Crippen molar-refractivity contribution in [2.45, 2.75) is 0 Å². The van der Waals surface area contributed by atoms with Crippen LogP contribution >= 0.6 is 69.6 Å². The van der Waals surface area contributed by atoms with Crippen LogP contribution in [0.3, 0.4) is 0 Å². The van der Waals surface area contributed by atoms with Gasteiger partial charge in [0.2, 0.25) is 0 Å². The third kappa shape index (κ3) is 5.53. The van der Waals surface area contributed by atoms with E-state index >= 15 is 0 Å². The summed E-state index contributed by atoms with van der Waals surface area (Å²) in [6.45, 7) is 0. The average molecular weight is 745 g/mol. The van der Waals surface area contributed by atoms with Gasteiger partial charge in [0.05, 0.1) is 69.6 Å². The molecule has 8 rings (SSSR count). The molecule has 2 aliphatic heterocycles. The summed E-state index contributed by atoms with van der Waals surface area (Å²) >= 11 is 41.1. The molecule has 3 aromatic carbocycles. The fourth-order valence-electron chi connectivity index (χ4n) is 6.05. The number of hydrogen-bond donors (Lipinski definition) is 1. The Morgan fingerprint density at radius 1 is 0.458 bits per heavy atom. The summed E-state index contributed by atoms with van der Waals surface area (Å²) < 4.78 is 2.03. The Labute approximate surface area is 305 Å². The van der Waals surface area contributed by atoms with Crippen LogP contribution in [0, 0.1) is 0 Å². The molecule has 2 aliphatic rings. The van der Waals surface area contributed by atoms with E-state index in [0.29, 0.717) is 69.4 Å². The zero-order valence-corrected chi connectivity index (χ0v) is 29.1. The van der Waals surface area contributed by atoms with E-state index in [1.807, 2.05) is 102 Å². The minimum Gasteiger partial charge on any atom is -0.355 e. The molecule has 0 fully saturated rings. The first kappa shape index (κ1) is 31.3. The first-order valence-electron chi connectivity index (χ1n) is 14.7. The van der Waals surface area contributed by atoms with Crippen molar-refractivity contribution < 1.29 is 0 Å². The highest BCUT2D eigenvalue weighted by Gasteiger charge is 2.26. The van der Waals surface area contributed by atoms with Gasteiger partial charge < -0.3 is 9.55 Å². The number of nitrogens with one attached hydrogen (secondary N) is 1. The van der Waals surface area contributed by atoms with E-state index in [-0.39, 0.29) is 0 Å². The number of rotatable bonds is 3. The van der Waals surface area contributed by atoms with Crippen LogP contribution in [0.25, 0.3) is 74.3 Å². The first-order valence-corrected chi connectivity index (χ1v) is 17.0. The van der Waals surface area contributed by atoms with Crippen LogP contribution in [-0.4, -0.2) is 19.5 Å². The molecule has 0 spiro atoms. The van der Waals surface area contributed by atoms with Gasteiger partial charge in [0, 0.05) is 33.3 Å². The molecule has 8 bridgehead atoms. The lowest BCUT2D eigenvalue weighted by molar-refractivity contribution is 1.17. The quantitative estimate of drug-likeness (QED) is 0.196. The van der Waals surface area contributed by atoms with Gasteiger partial charge in [-0.15, -0.1) is 0 Å². The Kier molecular flexibility index (Phi) is 8.12. The largest absolute Gasteiger partial charge is 0.355 e. The second-order valence-corrected chi connectivity index (χ2v) is 13.5. The molecule has 1 N–H and O–H groups in total. The molecular weight excluding hydrogens is 725 g/mol. The predicted molar refractivity (Wildman–Crippen MR) is 205 cm³/mol. The topological polar surface area (TPSA) is 46.5 Å². The van der Waals surface area contributed by atoms with Gasteiger partial charge in [-0.3, -0.25) is 0 Å². The molecule has 6 aromatic rings. The number of benzene rings is 3. The van der Waals surface area contributed by atoms with Gasteiger partial charge in [-0.2, -0.15) is 0 Å². The van der Waals surface area contributed by atoms with Crippen molar-refractivity contribution in [1.29, 1.82) is 0 Å². The summed E-state index contributed by atoms with van der Waals surface area (Å²) in [5.74, 6) is 0. The van der Waals surface area contributed by atoms with Gasteiger partial charge in [-0.25, -0.2) is 9.97 Å². The zero-order chi connectivity index (χ0) is 33.1. The van der Waals surface area contributed by atoms with Crippen LogP contribution in [0.4, 0.5) is 0 Å². The first-order chi connectivity index (χ1) is 23.2. The third-order valence-electron chi connectivity index (χ3n) is 8.13. The Morgan fingerprint density at radius 2 is 0.875 bits per heavy atom. The monoisotopic (exact) mass is 742 g/mol. The lowest BCUT2D eigenvalue weighted by atomic mass is 9.95. The standard InChI is InChI=1S/C38H20Cl6N4/c39-28-6-1-4-26(36(28)42)34-32-18-24-14-12-22(46-24)16-20-10-11-21(45-20)17-23-13-15-25(47-23)19-33(35(34)27-5-2-7-29(40)37(27)43)48(32)31-9-3-8-30(41)38(31)44/h1-19,45H. The summed E-state index contributed by atoms with van der Waals surface area (Å²) in [4.78, 5) is 13.3. The summed E-state index contributed by atoms with van der Waals surface area (Å²) in [5.41, 5.74) is 9.64. The summed E-state index contributed by atoms with van der Waals surface area (Å²) in [6.07, 6.45) is 7.85.